The number of ether oxygens (including phenoxy) is 1. The van der Waals surface area contributed by atoms with Gasteiger partial charge in [-0.2, -0.15) is 0 Å². The molecule has 0 spiro atoms. The minimum atomic E-state index is 0.231. The van der Waals surface area contributed by atoms with Crippen LogP contribution in [-0.4, -0.2) is 53.9 Å². The Hall–Kier alpha value is -0.490. The molecule has 0 aliphatic carbocycles. The smallest absolute Gasteiger partial charge is 0.0897 e. The summed E-state index contributed by atoms with van der Waals surface area (Å²) >= 11 is 1.74. The summed E-state index contributed by atoms with van der Waals surface area (Å²) in [7, 11) is 0. The minimum Gasteiger partial charge on any atom is -0.396 e. The zero-order valence-corrected chi connectivity index (χ0v) is 13.2. The summed E-state index contributed by atoms with van der Waals surface area (Å²) in [5.74, 6) is 0. The summed E-state index contributed by atoms with van der Waals surface area (Å²) in [5, 5.41) is 12.1. The summed E-state index contributed by atoms with van der Waals surface area (Å²) in [5.41, 5.74) is 1.25. The maximum atomic E-state index is 8.74. The van der Waals surface area contributed by atoms with Crippen LogP contribution < -0.4 is 0 Å². The maximum Gasteiger partial charge on any atom is 0.0897 e. The van der Waals surface area contributed by atoms with Crippen LogP contribution in [-0.2, 0) is 11.2 Å². The van der Waals surface area contributed by atoms with Crippen LogP contribution in [0.15, 0.2) is 5.38 Å². The van der Waals surface area contributed by atoms with E-state index < -0.39 is 0 Å². The van der Waals surface area contributed by atoms with Crippen LogP contribution in [0.1, 0.15) is 36.4 Å². The van der Waals surface area contributed by atoms with Gasteiger partial charge in [-0.25, -0.2) is 4.98 Å². The van der Waals surface area contributed by atoms with Crippen molar-refractivity contribution in [3.63, 3.8) is 0 Å². The molecular formula is C15H26N2O2S. The molecule has 1 N–H and O–H groups in total. The molecule has 1 saturated heterocycles. The Kier molecular flexibility index (Phi) is 6.93. The number of thiazole rings is 1. The third-order valence-electron chi connectivity index (χ3n) is 3.76. The highest BCUT2D eigenvalue weighted by Crippen LogP contribution is 2.15. The number of piperidine rings is 1. The number of aliphatic hydroxyl groups excluding tert-OH is 1. The minimum absolute atomic E-state index is 0.231. The molecule has 1 aromatic heterocycles. The lowest BCUT2D eigenvalue weighted by Crippen LogP contribution is -2.37. The summed E-state index contributed by atoms with van der Waals surface area (Å²) in [6.45, 7) is 6.44. The second-order valence-electron chi connectivity index (χ2n) is 5.45. The number of aryl methyl sites for hydroxylation is 2. The number of hydrogen-bond donors (Lipinski definition) is 1. The van der Waals surface area contributed by atoms with Gasteiger partial charge < -0.3 is 14.7 Å². The average Bonchev–Trinajstić information content (AvgIpc) is 2.87. The van der Waals surface area contributed by atoms with Crippen LogP contribution in [0, 0.1) is 6.92 Å². The van der Waals surface area contributed by atoms with E-state index in [4.69, 9.17) is 9.84 Å². The molecule has 0 aromatic carbocycles. The molecule has 2 heterocycles. The molecular weight excluding hydrogens is 272 g/mol. The number of aromatic nitrogens is 1. The second-order valence-corrected chi connectivity index (χ2v) is 6.51. The maximum absolute atomic E-state index is 8.74. The van der Waals surface area contributed by atoms with Crippen molar-refractivity contribution in [2.45, 2.75) is 45.1 Å². The van der Waals surface area contributed by atoms with Gasteiger partial charge in [0.05, 0.1) is 16.8 Å². The Balaban J connectivity index is 1.55. The fraction of sp³-hybridized carbons (Fsp3) is 0.800. The zero-order valence-electron chi connectivity index (χ0n) is 12.4. The highest BCUT2D eigenvalue weighted by molar-refractivity contribution is 7.09. The van der Waals surface area contributed by atoms with E-state index in [2.05, 4.69) is 22.2 Å². The van der Waals surface area contributed by atoms with Crippen molar-refractivity contribution in [1.29, 1.82) is 0 Å². The molecule has 1 aliphatic heterocycles. The van der Waals surface area contributed by atoms with E-state index in [0.717, 1.165) is 38.8 Å². The van der Waals surface area contributed by atoms with Gasteiger partial charge in [0.15, 0.2) is 0 Å². The fourth-order valence-electron chi connectivity index (χ4n) is 2.62. The Morgan fingerprint density at radius 2 is 2.20 bits per heavy atom. The van der Waals surface area contributed by atoms with Gasteiger partial charge in [0.2, 0.25) is 0 Å². The normalized spacial score (nSPS) is 17.7. The van der Waals surface area contributed by atoms with Gasteiger partial charge in [-0.3, -0.25) is 0 Å². The van der Waals surface area contributed by atoms with E-state index >= 15 is 0 Å². The Labute approximate surface area is 125 Å². The van der Waals surface area contributed by atoms with Crippen molar-refractivity contribution in [3.05, 3.63) is 16.1 Å². The molecule has 0 atom stereocenters. The fourth-order valence-corrected chi connectivity index (χ4v) is 3.27. The van der Waals surface area contributed by atoms with E-state index in [-0.39, 0.29) is 6.61 Å². The molecule has 0 amide bonds. The number of rotatable bonds is 8. The first kappa shape index (κ1) is 15.9. The number of likely N-dealkylation sites (tertiary alicyclic amines) is 1. The van der Waals surface area contributed by atoms with Crippen LogP contribution in [0.4, 0.5) is 0 Å². The lowest BCUT2D eigenvalue weighted by molar-refractivity contribution is 0.00218. The zero-order chi connectivity index (χ0) is 14.2. The molecule has 0 bridgehead atoms. The molecule has 20 heavy (non-hydrogen) atoms. The standard InChI is InChI=1S/C15H26N2O2S/c1-13-16-14(12-20-13)4-2-7-17-8-5-15(6-9-17)19-11-3-10-18/h12,15,18H,2-11H2,1H3. The highest BCUT2D eigenvalue weighted by Gasteiger charge is 2.19. The largest absolute Gasteiger partial charge is 0.396 e. The van der Waals surface area contributed by atoms with Gasteiger partial charge in [0, 0.05) is 31.7 Å². The Morgan fingerprint density at radius 1 is 1.40 bits per heavy atom. The van der Waals surface area contributed by atoms with E-state index in [0.29, 0.717) is 12.7 Å². The summed E-state index contributed by atoms with van der Waals surface area (Å²) in [4.78, 5) is 7.04. The van der Waals surface area contributed by atoms with Crippen molar-refractivity contribution in [2.24, 2.45) is 0 Å². The molecule has 4 nitrogen and oxygen atoms in total. The molecule has 114 valence electrons. The van der Waals surface area contributed by atoms with E-state index in [1.807, 2.05) is 0 Å². The van der Waals surface area contributed by atoms with E-state index in [1.54, 1.807) is 11.3 Å². The molecule has 0 saturated carbocycles. The van der Waals surface area contributed by atoms with Crippen molar-refractivity contribution >= 4 is 11.3 Å². The average molecular weight is 298 g/mol. The predicted octanol–water partition coefficient (Wildman–Crippen LogP) is 2.25. The molecule has 0 unspecified atom stereocenters. The number of nitrogens with zero attached hydrogens (tertiary/aromatic N) is 2. The van der Waals surface area contributed by atoms with Crippen LogP contribution in [0.2, 0.25) is 0 Å². The van der Waals surface area contributed by atoms with Gasteiger partial charge in [-0.15, -0.1) is 11.3 Å². The van der Waals surface area contributed by atoms with Crippen molar-refractivity contribution in [3.8, 4) is 0 Å². The van der Waals surface area contributed by atoms with Crippen molar-refractivity contribution in [2.75, 3.05) is 32.8 Å². The molecule has 0 radical (unpaired) electrons. The van der Waals surface area contributed by atoms with Crippen LogP contribution in [0.3, 0.4) is 0 Å². The van der Waals surface area contributed by atoms with Gasteiger partial charge in [-0.05, 0) is 45.6 Å². The SMILES string of the molecule is Cc1nc(CCCN2CCC(OCCCO)CC2)cs1. The third kappa shape index (κ3) is 5.48. The Bertz CT molecular complexity index is 376. The Morgan fingerprint density at radius 3 is 2.85 bits per heavy atom. The lowest BCUT2D eigenvalue weighted by Gasteiger charge is -2.31. The summed E-state index contributed by atoms with van der Waals surface area (Å²) in [6, 6.07) is 0. The van der Waals surface area contributed by atoms with E-state index in [9.17, 15) is 0 Å². The van der Waals surface area contributed by atoms with E-state index in [1.165, 1.54) is 23.7 Å². The molecule has 1 fully saturated rings. The van der Waals surface area contributed by atoms with Crippen LogP contribution >= 0.6 is 11.3 Å². The first-order valence-corrected chi connectivity index (χ1v) is 8.51. The van der Waals surface area contributed by atoms with Crippen LogP contribution in [0.5, 0.6) is 0 Å². The second kappa shape index (κ2) is 8.72. The molecule has 5 heteroatoms. The van der Waals surface area contributed by atoms with Crippen molar-refractivity contribution in [1.82, 2.24) is 9.88 Å². The third-order valence-corrected chi connectivity index (χ3v) is 4.59. The highest BCUT2D eigenvalue weighted by atomic mass is 32.1. The first-order valence-electron chi connectivity index (χ1n) is 7.64. The monoisotopic (exact) mass is 298 g/mol. The van der Waals surface area contributed by atoms with Gasteiger partial charge in [-0.1, -0.05) is 0 Å². The molecule has 1 aliphatic rings. The van der Waals surface area contributed by atoms with Crippen LogP contribution in [0.25, 0.3) is 0 Å². The number of hydrogen-bond acceptors (Lipinski definition) is 5. The lowest BCUT2D eigenvalue weighted by atomic mass is 10.1. The summed E-state index contributed by atoms with van der Waals surface area (Å²) < 4.78 is 5.75. The summed E-state index contributed by atoms with van der Waals surface area (Å²) in [6.07, 6.45) is 5.70. The van der Waals surface area contributed by atoms with Gasteiger partial charge in [0.1, 0.15) is 0 Å². The molecule has 2 rings (SSSR count). The van der Waals surface area contributed by atoms with Gasteiger partial charge in [0.25, 0.3) is 0 Å². The van der Waals surface area contributed by atoms with Gasteiger partial charge >= 0.3 is 0 Å². The molecule has 1 aromatic rings. The van der Waals surface area contributed by atoms with Crippen molar-refractivity contribution < 1.29 is 9.84 Å². The topological polar surface area (TPSA) is 45.6 Å². The number of aliphatic hydroxyl groups is 1. The predicted molar refractivity (Wildman–Crippen MR) is 82.3 cm³/mol. The first-order chi connectivity index (χ1) is 9.78. The quantitative estimate of drug-likeness (QED) is 0.748.